The Morgan fingerprint density at radius 1 is 1.20 bits per heavy atom. The fraction of sp³-hybridized carbons (Fsp3) is 0.414. The number of aliphatic hydroxyl groups is 1. The summed E-state index contributed by atoms with van der Waals surface area (Å²) in [6.07, 6.45) is 7.85. The summed E-state index contributed by atoms with van der Waals surface area (Å²) in [6, 6.07) is 14.2. The first-order valence-corrected chi connectivity index (χ1v) is 12.5. The molecule has 0 amide bonds. The van der Waals surface area contributed by atoms with Crippen molar-refractivity contribution in [2.45, 2.75) is 65.0 Å². The number of oxime groups is 1. The smallest absolute Gasteiger partial charge is 0.160 e. The van der Waals surface area contributed by atoms with E-state index < -0.39 is 12.4 Å². The molecular weight excluding hydrogens is 462 g/mol. The van der Waals surface area contributed by atoms with Gasteiger partial charge in [0.15, 0.2) is 6.29 Å². The molecule has 2 aromatic carbocycles. The maximum atomic E-state index is 10.2. The molecule has 6 heteroatoms. The van der Waals surface area contributed by atoms with Gasteiger partial charge in [-0.25, -0.2) is 0 Å². The summed E-state index contributed by atoms with van der Waals surface area (Å²) < 4.78 is 11.3. The highest BCUT2D eigenvalue weighted by atomic mass is 35.5. The molecule has 188 valence electrons. The number of aliphatic hydroxyl groups excluding tert-OH is 1. The molecule has 0 spiro atoms. The number of ether oxygens (including phenoxy) is 2. The Morgan fingerprint density at radius 3 is 2.66 bits per heavy atom. The van der Waals surface area contributed by atoms with Crippen molar-refractivity contribution in [3.8, 4) is 0 Å². The lowest BCUT2D eigenvalue weighted by Crippen LogP contribution is -2.32. The molecule has 1 heterocycles. The molecule has 1 saturated heterocycles. The minimum atomic E-state index is -0.448. The maximum absolute atomic E-state index is 10.2. The zero-order valence-electron chi connectivity index (χ0n) is 21.0. The molecule has 1 aliphatic rings. The van der Waals surface area contributed by atoms with Gasteiger partial charge in [0, 0.05) is 25.0 Å². The van der Waals surface area contributed by atoms with E-state index in [4.69, 9.17) is 25.9 Å². The molecule has 3 atom stereocenters. The summed E-state index contributed by atoms with van der Waals surface area (Å²) in [6.45, 7) is 6.50. The van der Waals surface area contributed by atoms with E-state index >= 15 is 0 Å². The van der Waals surface area contributed by atoms with E-state index in [0.717, 1.165) is 40.0 Å². The molecule has 1 fully saturated rings. The average Bonchev–Trinajstić information content (AvgIpc) is 2.87. The second-order valence-electron chi connectivity index (χ2n) is 8.76. The first kappa shape index (κ1) is 27.2. The molecule has 5 nitrogen and oxygen atoms in total. The number of halogens is 1. The van der Waals surface area contributed by atoms with E-state index in [1.807, 2.05) is 44.2 Å². The van der Waals surface area contributed by atoms with Crippen LogP contribution < -0.4 is 0 Å². The molecule has 0 aromatic heterocycles. The Kier molecular flexibility index (Phi) is 10.5. The predicted octanol–water partition coefficient (Wildman–Crippen LogP) is 6.77. The standard InChI is InChI=1S/C29H36ClNO4/c1-5-7-8-21(6-2)19-34-31-20(3)23-11-9-22(10-12-23)15-25-16-24(13-14-27(25)30)28-17-26(32)18-29(33-4)35-28/h6-14,16,26,28-29,32H,5,15,17-19H2,1-4H3/b8-7-,21-6+,31-20+. The van der Waals surface area contributed by atoms with E-state index in [-0.39, 0.29) is 6.10 Å². The van der Waals surface area contributed by atoms with Crippen molar-refractivity contribution in [3.63, 3.8) is 0 Å². The van der Waals surface area contributed by atoms with Crippen LogP contribution in [0.3, 0.4) is 0 Å². The van der Waals surface area contributed by atoms with E-state index in [2.05, 4.69) is 42.4 Å². The maximum Gasteiger partial charge on any atom is 0.160 e. The molecule has 3 unspecified atom stereocenters. The molecule has 1 N–H and O–H groups in total. The van der Waals surface area contributed by atoms with Gasteiger partial charge in [-0.3, -0.25) is 0 Å². The van der Waals surface area contributed by atoms with Gasteiger partial charge < -0.3 is 19.4 Å². The third-order valence-electron chi connectivity index (χ3n) is 6.11. The van der Waals surface area contributed by atoms with Crippen molar-refractivity contribution in [1.82, 2.24) is 0 Å². The summed E-state index contributed by atoms with van der Waals surface area (Å²) in [5.74, 6) is 0. The number of hydrogen-bond acceptors (Lipinski definition) is 5. The fourth-order valence-corrected chi connectivity index (χ4v) is 4.18. The third kappa shape index (κ3) is 8.04. The number of allylic oxidation sites excluding steroid dienone is 2. The third-order valence-corrected chi connectivity index (χ3v) is 6.48. The van der Waals surface area contributed by atoms with Crippen molar-refractivity contribution in [2.75, 3.05) is 13.7 Å². The van der Waals surface area contributed by atoms with Gasteiger partial charge in [0.25, 0.3) is 0 Å². The largest absolute Gasteiger partial charge is 0.393 e. The number of hydrogen-bond donors (Lipinski definition) is 1. The number of methoxy groups -OCH3 is 1. The summed E-state index contributed by atoms with van der Waals surface area (Å²) in [5, 5.41) is 15.2. The Morgan fingerprint density at radius 2 is 1.97 bits per heavy atom. The van der Waals surface area contributed by atoms with Crippen LogP contribution in [0.5, 0.6) is 0 Å². The van der Waals surface area contributed by atoms with Crippen molar-refractivity contribution in [1.29, 1.82) is 0 Å². The highest BCUT2D eigenvalue weighted by molar-refractivity contribution is 6.31. The number of benzene rings is 2. The van der Waals surface area contributed by atoms with Crippen LogP contribution in [-0.2, 0) is 20.7 Å². The van der Waals surface area contributed by atoms with Crippen LogP contribution in [0.4, 0.5) is 0 Å². The minimum Gasteiger partial charge on any atom is -0.393 e. The Balaban J connectivity index is 1.65. The van der Waals surface area contributed by atoms with Crippen LogP contribution in [0, 0.1) is 0 Å². The van der Waals surface area contributed by atoms with Gasteiger partial charge in [0.1, 0.15) is 6.61 Å². The first-order chi connectivity index (χ1) is 16.9. The quantitative estimate of drug-likeness (QED) is 0.223. The molecule has 0 saturated carbocycles. The van der Waals surface area contributed by atoms with E-state index in [9.17, 15) is 5.11 Å². The molecular formula is C29H36ClNO4. The number of rotatable bonds is 10. The minimum absolute atomic E-state index is 0.221. The zero-order chi connectivity index (χ0) is 25.2. The van der Waals surface area contributed by atoms with Crippen molar-refractivity contribution >= 4 is 17.3 Å². The summed E-state index contributed by atoms with van der Waals surface area (Å²) in [5.41, 5.74) is 6.09. The topological polar surface area (TPSA) is 60.3 Å². The predicted molar refractivity (Wildman–Crippen MR) is 142 cm³/mol. The molecule has 2 aromatic rings. The summed E-state index contributed by atoms with van der Waals surface area (Å²) in [4.78, 5) is 5.55. The normalized spacial score (nSPS) is 21.5. The van der Waals surface area contributed by atoms with Gasteiger partial charge in [0.05, 0.1) is 17.9 Å². The van der Waals surface area contributed by atoms with Gasteiger partial charge in [-0.15, -0.1) is 0 Å². The Labute approximate surface area is 214 Å². The van der Waals surface area contributed by atoms with Gasteiger partial charge in [-0.1, -0.05) is 78.3 Å². The van der Waals surface area contributed by atoms with E-state index in [1.54, 1.807) is 7.11 Å². The average molecular weight is 498 g/mol. The Hall–Kier alpha value is -2.44. The van der Waals surface area contributed by atoms with Crippen molar-refractivity contribution in [2.24, 2.45) is 5.16 Å². The van der Waals surface area contributed by atoms with Gasteiger partial charge in [0.2, 0.25) is 0 Å². The van der Waals surface area contributed by atoms with Crippen LogP contribution >= 0.6 is 11.6 Å². The van der Waals surface area contributed by atoms with Gasteiger partial charge >= 0.3 is 0 Å². The van der Waals surface area contributed by atoms with Crippen LogP contribution in [-0.4, -0.2) is 36.9 Å². The van der Waals surface area contributed by atoms with Crippen molar-refractivity contribution < 1.29 is 19.4 Å². The Bertz CT molecular complexity index is 1050. The monoisotopic (exact) mass is 497 g/mol. The van der Waals surface area contributed by atoms with Gasteiger partial charge in [-0.2, -0.15) is 0 Å². The summed E-state index contributed by atoms with van der Waals surface area (Å²) in [7, 11) is 1.60. The van der Waals surface area contributed by atoms with E-state index in [0.29, 0.717) is 30.9 Å². The molecule has 0 aliphatic carbocycles. The lowest BCUT2D eigenvalue weighted by molar-refractivity contribution is -0.205. The van der Waals surface area contributed by atoms with Crippen LogP contribution in [0.15, 0.2) is 71.4 Å². The molecule has 3 rings (SSSR count). The number of nitrogens with zero attached hydrogens (tertiary/aromatic N) is 1. The molecule has 1 aliphatic heterocycles. The zero-order valence-corrected chi connectivity index (χ0v) is 21.8. The molecule has 0 radical (unpaired) electrons. The molecule has 35 heavy (non-hydrogen) atoms. The van der Waals surface area contributed by atoms with Crippen LogP contribution in [0.25, 0.3) is 0 Å². The van der Waals surface area contributed by atoms with Crippen molar-refractivity contribution in [3.05, 3.63) is 93.5 Å². The highest BCUT2D eigenvalue weighted by Crippen LogP contribution is 2.34. The second kappa shape index (κ2) is 13.6. The fourth-order valence-electron chi connectivity index (χ4n) is 3.99. The second-order valence-corrected chi connectivity index (χ2v) is 9.17. The lowest BCUT2D eigenvalue weighted by Gasteiger charge is -2.32. The lowest BCUT2D eigenvalue weighted by atomic mass is 9.95. The first-order valence-electron chi connectivity index (χ1n) is 12.2. The highest BCUT2D eigenvalue weighted by Gasteiger charge is 2.29. The van der Waals surface area contributed by atoms with E-state index in [1.165, 1.54) is 0 Å². The van der Waals surface area contributed by atoms with Gasteiger partial charge in [-0.05, 0) is 60.6 Å². The summed E-state index contributed by atoms with van der Waals surface area (Å²) >= 11 is 6.52. The van der Waals surface area contributed by atoms with Crippen LogP contribution in [0.1, 0.15) is 68.4 Å². The molecule has 0 bridgehead atoms. The SMILES string of the molecule is C/C=C(\C=C/CC)CO/N=C(\C)c1ccc(Cc2cc(C3CC(O)CC(OC)O3)ccc2Cl)cc1. The van der Waals surface area contributed by atoms with Crippen LogP contribution in [0.2, 0.25) is 5.02 Å².